The Bertz CT molecular complexity index is 1270. The quantitative estimate of drug-likeness (QED) is 0.395. The molecule has 1 aliphatic rings. The number of nitrogens with one attached hydrogen (secondary N) is 1. The Morgan fingerprint density at radius 1 is 0.912 bits per heavy atom. The first-order chi connectivity index (χ1) is 16.6. The number of thiocarbonyl (C=S) groups is 1. The maximum absolute atomic E-state index is 5.86. The fourth-order valence-corrected chi connectivity index (χ4v) is 4.80. The lowest BCUT2D eigenvalue weighted by Crippen LogP contribution is -2.30. The van der Waals surface area contributed by atoms with E-state index >= 15 is 0 Å². The van der Waals surface area contributed by atoms with Crippen LogP contribution in [0.1, 0.15) is 23.5 Å². The summed E-state index contributed by atoms with van der Waals surface area (Å²) < 4.78 is 7.60. The van der Waals surface area contributed by atoms with Crippen LogP contribution in [-0.4, -0.2) is 35.9 Å². The number of anilines is 2. The van der Waals surface area contributed by atoms with Crippen molar-refractivity contribution in [2.75, 3.05) is 31.0 Å². The molecular formula is C27H27N5OS. The lowest BCUT2D eigenvalue weighted by molar-refractivity contribution is 0.415. The van der Waals surface area contributed by atoms with Crippen molar-refractivity contribution in [3.05, 3.63) is 103 Å². The van der Waals surface area contributed by atoms with E-state index in [-0.39, 0.29) is 12.1 Å². The summed E-state index contributed by atoms with van der Waals surface area (Å²) in [7, 11) is 5.77. The van der Waals surface area contributed by atoms with E-state index in [9.17, 15) is 0 Å². The summed E-state index contributed by atoms with van der Waals surface area (Å²) in [6, 6.07) is 26.6. The van der Waals surface area contributed by atoms with E-state index in [1.165, 1.54) is 0 Å². The number of nitrogens with zero attached hydrogens (tertiary/aromatic N) is 4. The van der Waals surface area contributed by atoms with Crippen molar-refractivity contribution in [3.63, 3.8) is 0 Å². The molecule has 0 bridgehead atoms. The number of hydrogen-bond acceptors (Lipinski definition) is 4. The summed E-state index contributed by atoms with van der Waals surface area (Å²) in [6.45, 7) is 0. The van der Waals surface area contributed by atoms with Crippen molar-refractivity contribution in [1.82, 2.24) is 14.9 Å². The van der Waals surface area contributed by atoms with Crippen molar-refractivity contribution in [2.45, 2.75) is 12.1 Å². The number of ether oxygens (including phenoxy) is 1. The van der Waals surface area contributed by atoms with Gasteiger partial charge < -0.3 is 24.4 Å². The van der Waals surface area contributed by atoms with Crippen LogP contribution in [0.4, 0.5) is 11.4 Å². The molecule has 0 amide bonds. The van der Waals surface area contributed by atoms with Gasteiger partial charge in [-0.2, -0.15) is 0 Å². The highest BCUT2D eigenvalue weighted by atomic mass is 32.1. The Balaban J connectivity index is 1.61. The highest BCUT2D eigenvalue weighted by Crippen LogP contribution is 2.42. The van der Waals surface area contributed by atoms with Crippen LogP contribution in [0.15, 0.2) is 91.3 Å². The van der Waals surface area contributed by atoms with Gasteiger partial charge in [0.05, 0.1) is 18.8 Å². The molecule has 0 aliphatic carbocycles. The van der Waals surface area contributed by atoms with Gasteiger partial charge >= 0.3 is 0 Å². The monoisotopic (exact) mass is 469 g/mol. The van der Waals surface area contributed by atoms with Crippen molar-refractivity contribution >= 4 is 28.7 Å². The Labute approximate surface area is 205 Å². The van der Waals surface area contributed by atoms with Gasteiger partial charge in [-0.05, 0) is 85.0 Å². The van der Waals surface area contributed by atoms with Crippen LogP contribution < -0.4 is 19.9 Å². The van der Waals surface area contributed by atoms with Gasteiger partial charge in [0.2, 0.25) is 0 Å². The van der Waals surface area contributed by atoms with Gasteiger partial charge in [0.1, 0.15) is 11.8 Å². The van der Waals surface area contributed by atoms with Crippen LogP contribution in [0.25, 0.3) is 5.69 Å². The second-order valence-corrected chi connectivity index (χ2v) is 8.80. The van der Waals surface area contributed by atoms with Crippen molar-refractivity contribution < 1.29 is 4.74 Å². The lowest BCUT2D eigenvalue weighted by Gasteiger charge is -2.29. The maximum atomic E-state index is 5.86. The van der Waals surface area contributed by atoms with Crippen molar-refractivity contribution in [3.8, 4) is 11.4 Å². The number of hydrogen-bond donors (Lipinski definition) is 1. The van der Waals surface area contributed by atoms with E-state index in [1.54, 1.807) is 7.11 Å². The minimum absolute atomic E-state index is 0.0979. The third-order valence-corrected chi connectivity index (χ3v) is 6.49. The molecular weight excluding hydrogens is 442 g/mol. The molecule has 1 N–H and O–H groups in total. The van der Waals surface area contributed by atoms with Crippen LogP contribution in [0, 0.1) is 0 Å². The maximum Gasteiger partial charge on any atom is 0.174 e. The molecule has 2 aromatic heterocycles. The molecule has 1 fully saturated rings. The molecule has 0 radical (unpaired) electrons. The van der Waals surface area contributed by atoms with Gasteiger partial charge in [-0.1, -0.05) is 6.07 Å². The Morgan fingerprint density at radius 2 is 1.65 bits per heavy atom. The predicted octanol–water partition coefficient (Wildman–Crippen LogP) is 5.12. The molecule has 0 spiro atoms. The van der Waals surface area contributed by atoms with Crippen LogP contribution in [0.3, 0.4) is 0 Å². The number of benzene rings is 2. The zero-order valence-corrected chi connectivity index (χ0v) is 20.2. The van der Waals surface area contributed by atoms with E-state index < -0.39 is 0 Å². The first kappa shape index (κ1) is 22.0. The molecule has 5 rings (SSSR count). The van der Waals surface area contributed by atoms with E-state index in [2.05, 4.69) is 67.3 Å². The smallest absolute Gasteiger partial charge is 0.174 e. The van der Waals surface area contributed by atoms with E-state index in [0.29, 0.717) is 5.11 Å². The predicted molar refractivity (Wildman–Crippen MR) is 141 cm³/mol. The van der Waals surface area contributed by atoms with Gasteiger partial charge in [-0.3, -0.25) is 4.98 Å². The fraction of sp³-hybridized carbons (Fsp3) is 0.185. The molecule has 0 saturated carbocycles. The first-order valence-corrected chi connectivity index (χ1v) is 11.6. The largest absolute Gasteiger partial charge is 0.497 e. The van der Waals surface area contributed by atoms with Crippen LogP contribution >= 0.6 is 12.2 Å². The zero-order chi connectivity index (χ0) is 23.7. The van der Waals surface area contributed by atoms with E-state index in [1.807, 2.05) is 62.8 Å². The summed E-state index contributed by atoms with van der Waals surface area (Å²) in [6.07, 6.45) is 3.93. The number of aromatic nitrogens is 2. The van der Waals surface area contributed by atoms with Crippen LogP contribution in [0.2, 0.25) is 0 Å². The second-order valence-electron chi connectivity index (χ2n) is 8.41. The topological polar surface area (TPSA) is 45.6 Å². The summed E-state index contributed by atoms with van der Waals surface area (Å²) in [5.41, 5.74) is 5.32. The highest BCUT2D eigenvalue weighted by Gasteiger charge is 2.42. The average molecular weight is 470 g/mol. The molecule has 6 nitrogen and oxygen atoms in total. The number of rotatable bonds is 6. The molecule has 1 aliphatic heterocycles. The lowest BCUT2D eigenvalue weighted by atomic mass is 10.0. The SMILES string of the molecule is COc1ccc(N2C(=S)N[C@H](c3ccccn3)[C@@H]2c2cccn2-c2ccc(N(C)C)cc2)cc1. The summed E-state index contributed by atoms with van der Waals surface area (Å²) in [4.78, 5) is 8.93. The summed E-state index contributed by atoms with van der Waals surface area (Å²) in [5.74, 6) is 0.809. The van der Waals surface area contributed by atoms with Gasteiger partial charge in [-0.15, -0.1) is 0 Å². The summed E-state index contributed by atoms with van der Waals surface area (Å²) in [5, 5.41) is 4.20. The molecule has 7 heteroatoms. The number of methoxy groups -OCH3 is 1. The molecule has 2 atom stereocenters. The normalized spacial score (nSPS) is 17.5. The minimum atomic E-state index is -0.106. The molecule has 0 unspecified atom stereocenters. The molecule has 1 saturated heterocycles. The Kier molecular flexibility index (Phi) is 5.94. The Hall–Kier alpha value is -3.84. The molecule has 3 heterocycles. The van der Waals surface area contributed by atoms with Gasteiger partial charge in [0, 0.05) is 49.2 Å². The summed E-state index contributed by atoms with van der Waals surface area (Å²) >= 11 is 5.86. The first-order valence-electron chi connectivity index (χ1n) is 11.2. The average Bonchev–Trinajstić information content (AvgIpc) is 3.49. The van der Waals surface area contributed by atoms with Crippen LogP contribution in [0.5, 0.6) is 5.75 Å². The zero-order valence-electron chi connectivity index (χ0n) is 19.4. The Morgan fingerprint density at radius 3 is 2.29 bits per heavy atom. The standard InChI is InChI=1S/C27H27N5OS/c1-30(2)19-9-11-20(12-10-19)31-18-6-8-24(31)26-25(23-7-4-5-17-28-23)29-27(34)32(26)21-13-15-22(33-3)16-14-21/h4-18,25-26H,1-3H3,(H,29,34)/t25-,26+/m1/s1. The minimum Gasteiger partial charge on any atom is -0.497 e. The third-order valence-electron chi connectivity index (χ3n) is 6.18. The van der Waals surface area contributed by atoms with Crippen molar-refractivity contribution in [1.29, 1.82) is 0 Å². The highest BCUT2D eigenvalue weighted by molar-refractivity contribution is 7.80. The van der Waals surface area contributed by atoms with Gasteiger partial charge in [0.15, 0.2) is 5.11 Å². The van der Waals surface area contributed by atoms with Crippen molar-refractivity contribution in [2.24, 2.45) is 0 Å². The molecule has 34 heavy (non-hydrogen) atoms. The second kappa shape index (κ2) is 9.19. The van der Waals surface area contributed by atoms with Gasteiger partial charge in [0.25, 0.3) is 0 Å². The molecule has 4 aromatic rings. The van der Waals surface area contributed by atoms with E-state index in [0.717, 1.165) is 34.2 Å². The fourth-order valence-electron chi connectivity index (χ4n) is 4.46. The third kappa shape index (κ3) is 3.99. The van der Waals surface area contributed by atoms with Crippen LogP contribution in [-0.2, 0) is 0 Å². The number of pyridine rings is 1. The van der Waals surface area contributed by atoms with E-state index in [4.69, 9.17) is 17.0 Å². The molecule has 172 valence electrons. The van der Waals surface area contributed by atoms with Gasteiger partial charge in [-0.25, -0.2) is 0 Å². The molecule has 2 aromatic carbocycles.